The summed E-state index contributed by atoms with van der Waals surface area (Å²) in [5.74, 6) is 0. The highest BCUT2D eigenvalue weighted by atomic mass is 32.1. The molecule has 14 heavy (non-hydrogen) atoms. The normalized spacial score (nSPS) is 11.3. The summed E-state index contributed by atoms with van der Waals surface area (Å²) in [6.07, 6.45) is 6.08. The fourth-order valence-corrected chi connectivity index (χ4v) is 1.71. The molecule has 0 saturated carbocycles. The summed E-state index contributed by atoms with van der Waals surface area (Å²) in [6, 6.07) is 0. The van der Waals surface area contributed by atoms with E-state index >= 15 is 0 Å². The minimum atomic E-state index is 0.757. The summed E-state index contributed by atoms with van der Waals surface area (Å²) in [7, 11) is 1.71. The summed E-state index contributed by atoms with van der Waals surface area (Å²) in [5.41, 5.74) is 0. The number of nitrogens with zero attached hydrogens (tertiary/aromatic N) is 1. The zero-order chi connectivity index (χ0) is 10.2. The molecule has 1 aromatic heterocycles. The molecule has 0 bridgehead atoms. The van der Waals surface area contributed by atoms with Gasteiger partial charge in [-0.1, -0.05) is 6.08 Å². The smallest absolute Gasteiger partial charge is 0.0900 e. The highest BCUT2D eigenvalue weighted by Crippen LogP contribution is 2.12. The van der Waals surface area contributed by atoms with Crippen LogP contribution in [-0.4, -0.2) is 31.8 Å². The van der Waals surface area contributed by atoms with Crippen molar-refractivity contribution in [3.05, 3.63) is 22.2 Å². The number of aromatic nitrogens is 1. The van der Waals surface area contributed by atoms with E-state index in [4.69, 9.17) is 4.74 Å². The number of aryl methyl sites for hydroxylation is 1. The van der Waals surface area contributed by atoms with E-state index < -0.39 is 0 Å². The van der Waals surface area contributed by atoms with Crippen LogP contribution in [0.2, 0.25) is 0 Å². The molecule has 0 unspecified atom stereocenters. The van der Waals surface area contributed by atoms with Crippen molar-refractivity contribution in [3.63, 3.8) is 0 Å². The molecule has 0 aliphatic heterocycles. The predicted octanol–water partition coefficient (Wildman–Crippen LogP) is 1.70. The Hall–Kier alpha value is -0.710. The third-order valence-corrected chi connectivity index (χ3v) is 2.54. The van der Waals surface area contributed by atoms with E-state index in [1.54, 1.807) is 18.4 Å². The second-order valence-corrected chi connectivity index (χ2v) is 4.15. The number of thiazole rings is 1. The van der Waals surface area contributed by atoms with Crippen LogP contribution in [0.3, 0.4) is 0 Å². The minimum Gasteiger partial charge on any atom is -0.383 e. The first kappa shape index (κ1) is 11.4. The van der Waals surface area contributed by atoms with Gasteiger partial charge in [-0.15, -0.1) is 11.3 Å². The average molecular weight is 212 g/mol. The molecule has 0 spiro atoms. The molecule has 1 rings (SSSR count). The number of rotatable bonds is 6. The lowest BCUT2D eigenvalue weighted by atomic mass is 10.4. The van der Waals surface area contributed by atoms with Gasteiger partial charge in [-0.05, 0) is 13.0 Å². The van der Waals surface area contributed by atoms with Gasteiger partial charge in [-0.3, -0.25) is 0 Å². The largest absolute Gasteiger partial charge is 0.383 e. The third kappa shape index (κ3) is 4.50. The van der Waals surface area contributed by atoms with Crippen LogP contribution < -0.4 is 5.32 Å². The Balaban J connectivity index is 2.15. The zero-order valence-corrected chi connectivity index (χ0v) is 9.43. The van der Waals surface area contributed by atoms with Crippen LogP contribution in [0.4, 0.5) is 0 Å². The predicted molar refractivity (Wildman–Crippen MR) is 60.6 cm³/mol. The van der Waals surface area contributed by atoms with Gasteiger partial charge < -0.3 is 10.1 Å². The fourth-order valence-electron chi connectivity index (χ4n) is 0.990. The van der Waals surface area contributed by atoms with E-state index in [2.05, 4.69) is 22.5 Å². The topological polar surface area (TPSA) is 34.1 Å². The zero-order valence-electron chi connectivity index (χ0n) is 8.62. The van der Waals surface area contributed by atoms with E-state index in [0.717, 1.165) is 24.7 Å². The van der Waals surface area contributed by atoms with Gasteiger partial charge in [0.1, 0.15) is 0 Å². The van der Waals surface area contributed by atoms with E-state index in [0.29, 0.717) is 0 Å². The number of nitrogens with one attached hydrogen (secondary N) is 1. The van der Waals surface area contributed by atoms with Crippen molar-refractivity contribution in [1.29, 1.82) is 0 Å². The highest BCUT2D eigenvalue weighted by Gasteiger charge is 1.91. The summed E-state index contributed by atoms with van der Waals surface area (Å²) >= 11 is 1.71. The van der Waals surface area contributed by atoms with Crippen LogP contribution in [0.5, 0.6) is 0 Å². The highest BCUT2D eigenvalue weighted by molar-refractivity contribution is 7.12. The molecule has 4 heteroatoms. The van der Waals surface area contributed by atoms with Crippen molar-refractivity contribution in [2.24, 2.45) is 0 Å². The summed E-state index contributed by atoms with van der Waals surface area (Å²) in [5, 5.41) is 4.34. The van der Waals surface area contributed by atoms with Crippen LogP contribution in [0.1, 0.15) is 9.88 Å². The van der Waals surface area contributed by atoms with Crippen molar-refractivity contribution in [2.75, 3.05) is 26.8 Å². The molecule has 0 radical (unpaired) electrons. The Morgan fingerprint density at radius 1 is 1.64 bits per heavy atom. The molecule has 1 heterocycles. The summed E-state index contributed by atoms with van der Waals surface area (Å²) in [4.78, 5) is 5.38. The minimum absolute atomic E-state index is 0.757. The number of ether oxygens (including phenoxy) is 1. The van der Waals surface area contributed by atoms with Gasteiger partial charge >= 0.3 is 0 Å². The Kier molecular flexibility index (Phi) is 5.44. The third-order valence-electron chi connectivity index (χ3n) is 1.67. The van der Waals surface area contributed by atoms with Gasteiger partial charge in [0, 0.05) is 31.3 Å². The average Bonchev–Trinajstić information content (AvgIpc) is 2.58. The van der Waals surface area contributed by atoms with Gasteiger partial charge in [0.2, 0.25) is 0 Å². The van der Waals surface area contributed by atoms with Crippen LogP contribution >= 0.6 is 11.3 Å². The Morgan fingerprint density at radius 2 is 2.50 bits per heavy atom. The molecule has 0 aliphatic rings. The number of hydrogen-bond acceptors (Lipinski definition) is 4. The monoisotopic (exact) mass is 212 g/mol. The molecular formula is C10H16N2OS. The molecule has 0 amide bonds. The maximum atomic E-state index is 4.92. The Morgan fingerprint density at radius 3 is 3.14 bits per heavy atom. The Labute approximate surface area is 88.8 Å². The van der Waals surface area contributed by atoms with Gasteiger partial charge in [0.25, 0.3) is 0 Å². The first-order valence-electron chi connectivity index (χ1n) is 4.61. The maximum absolute atomic E-state index is 4.92. The fraction of sp³-hybridized carbons (Fsp3) is 0.500. The van der Waals surface area contributed by atoms with Crippen molar-refractivity contribution in [1.82, 2.24) is 10.3 Å². The van der Waals surface area contributed by atoms with Crippen LogP contribution in [0.25, 0.3) is 6.08 Å². The first-order valence-corrected chi connectivity index (χ1v) is 5.43. The van der Waals surface area contributed by atoms with Gasteiger partial charge in [0.15, 0.2) is 0 Å². The van der Waals surface area contributed by atoms with Gasteiger partial charge in [-0.25, -0.2) is 4.98 Å². The SMILES string of the molecule is COCCNCC=Cc1cnc(C)s1. The van der Waals surface area contributed by atoms with Crippen LogP contribution in [0, 0.1) is 6.92 Å². The summed E-state index contributed by atoms with van der Waals surface area (Å²) < 4.78 is 4.92. The molecule has 1 aromatic rings. The second kappa shape index (κ2) is 6.70. The molecule has 0 aliphatic carbocycles. The van der Waals surface area contributed by atoms with Crippen LogP contribution in [0.15, 0.2) is 12.3 Å². The maximum Gasteiger partial charge on any atom is 0.0900 e. The molecule has 3 nitrogen and oxygen atoms in total. The van der Waals surface area contributed by atoms with Crippen molar-refractivity contribution in [2.45, 2.75) is 6.92 Å². The molecule has 0 saturated heterocycles. The standard InChI is InChI=1S/C10H16N2OS/c1-9-12-8-10(14-9)4-3-5-11-6-7-13-2/h3-4,8,11H,5-7H2,1-2H3. The molecule has 78 valence electrons. The van der Waals surface area contributed by atoms with E-state index in [1.807, 2.05) is 13.1 Å². The number of hydrogen-bond donors (Lipinski definition) is 1. The van der Waals surface area contributed by atoms with E-state index in [9.17, 15) is 0 Å². The second-order valence-electron chi connectivity index (χ2n) is 2.88. The quantitative estimate of drug-likeness (QED) is 0.729. The number of methoxy groups -OCH3 is 1. The van der Waals surface area contributed by atoms with Crippen molar-refractivity contribution < 1.29 is 4.74 Å². The van der Waals surface area contributed by atoms with Crippen LogP contribution in [-0.2, 0) is 4.74 Å². The summed E-state index contributed by atoms with van der Waals surface area (Å²) in [6.45, 7) is 4.54. The lowest BCUT2D eigenvalue weighted by Gasteiger charge is -1.98. The van der Waals surface area contributed by atoms with Gasteiger partial charge in [0.05, 0.1) is 11.6 Å². The van der Waals surface area contributed by atoms with Crippen molar-refractivity contribution >= 4 is 17.4 Å². The van der Waals surface area contributed by atoms with Crippen molar-refractivity contribution in [3.8, 4) is 0 Å². The molecule has 0 atom stereocenters. The van der Waals surface area contributed by atoms with E-state index in [1.165, 1.54) is 4.88 Å². The lowest BCUT2D eigenvalue weighted by Crippen LogP contribution is -2.18. The molecule has 1 N–H and O–H groups in total. The van der Waals surface area contributed by atoms with Gasteiger partial charge in [-0.2, -0.15) is 0 Å². The van der Waals surface area contributed by atoms with E-state index in [-0.39, 0.29) is 0 Å². The lowest BCUT2D eigenvalue weighted by molar-refractivity contribution is 0.200. The Bertz CT molecular complexity index is 283. The molecule has 0 aromatic carbocycles. The molecular weight excluding hydrogens is 196 g/mol. The molecule has 0 fully saturated rings. The first-order chi connectivity index (χ1) is 6.83.